The third-order valence-electron chi connectivity index (χ3n) is 2.73. The molecule has 16 heavy (non-hydrogen) atoms. The maximum absolute atomic E-state index is 11.1. The van der Waals surface area contributed by atoms with Crippen LogP contribution in [-0.2, 0) is 9.05 Å². The molecule has 88 valence electrons. The van der Waals surface area contributed by atoms with E-state index in [1.54, 1.807) is 12.1 Å². The molecule has 0 aliphatic heterocycles. The van der Waals surface area contributed by atoms with Crippen molar-refractivity contribution in [3.8, 4) is 11.5 Å². The number of ether oxygens (including phenoxy) is 1. The van der Waals surface area contributed by atoms with Crippen LogP contribution >= 0.6 is 10.7 Å². The molecule has 2 unspecified atom stereocenters. The summed E-state index contributed by atoms with van der Waals surface area (Å²) in [6, 6.07) is 4.82. The topological polar surface area (TPSA) is 63.6 Å². The maximum Gasteiger partial charge on any atom is 0.236 e. The van der Waals surface area contributed by atoms with Crippen molar-refractivity contribution in [3.05, 3.63) is 23.8 Å². The average Bonchev–Trinajstić information content (AvgIpc) is 2.97. The first-order valence-electron chi connectivity index (χ1n) is 4.74. The smallest absolute Gasteiger partial charge is 0.236 e. The van der Waals surface area contributed by atoms with E-state index in [0.29, 0.717) is 12.2 Å². The molecule has 1 saturated carbocycles. The van der Waals surface area contributed by atoms with E-state index in [2.05, 4.69) is 0 Å². The van der Waals surface area contributed by atoms with Gasteiger partial charge in [-0.25, -0.2) is 8.42 Å². The molecule has 0 amide bonds. The van der Waals surface area contributed by atoms with Crippen molar-refractivity contribution >= 4 is 19.7 Å². The van der Waals surface area contributed by atoms with E-state index >= 15 is 0 Å². The van der Waals surface area contributed by atoms with E-state index in [-0.39, 0.29) is 11.7 Å². The second-order valence-corrected chi connectivity index (χ2v) is 6.63. The monoisotopic (exact) mass is 262 g/mol. The molecule has 0 radical (unpaired) electrons. The van der Waals surface area contributed by atoms with Gasteiger partial charge >= 0.3 is 0 Å². The van der Waals surface area contributed by atoms with Crippen molar-refractivity contribution in [3.63, 3.8) is 0 Å². The summed E-state index contributed by atoms with van der Waals surface area (Å²) in [7, 11) is 3.23. The van der Waals surface area contributed by atoms with E-state index in [1.165, 1.54) is 13.2 Å². The molecule has 0 aromatic heterocycles. The number of rotatable bonds is 3. The van der Waals surface area contributed by atoms with E-state index in [1.807, 2.05) is 0 Å². The molecule has 4 nitrogen and oxygen atoms in total. The van der Waals surface area contributed by atoms with Crippen LogP contribution in [-0.4, -0.2) is 25.9 Å². The summed E-state index contributed by atoms with van der Waals surface area (Å²) in [5.74, 6) is 0.296. The van der Waals surface area contributed by atoms with Gasteiger partial charge in [0.05, 0.1) is 12.4 Å². The van der Waals surface area contributed by atoms with Crippen molar-refractivity contribution in [2.75, 3.05) is 7.11 Å². The lowest BCUT2D eigenvalue weighted by Gasteiger charge is -2.05. The van der Waals surface area contributed by atoms with Crippen molar-refractivity contribution in [1.29, 1.82) is 0 Å². The highest BCUT2D eigenvalue weighted by molar-refractivity contribution is 8.14. The summed E-state index contributed by atoms with van der Waals surface area (Å²) < 4.78 is 27.1. The van der Waals surface area contributed by atoms with Gasteiger partial charge in [-0.05, 0) is 24.1 Å². The molecule has 6 heteroatoms. The molecule has 1 aliphatic carbocycles. The molecule has 1 N–H and O–H groups in total. The molecule has 1 aliphatic rings. The molecule has 0 spiro atoms. The number of benzene rings is 1. The summed E-state index contributed by atoms with van der Waals surface area (Å²) in [5, 5.41) is 8.88. The summed E-state index contributed by atoms with van der Waals surface area (Å²) in [6.45, 7) is 0. The first-order chi connectivity index (χ1) is 7.43. The zero-order valence-electron chi connectivity index (χ0n) is 8.55. The Kier molecular flexibility index (Phi) is 2.75. The lowest BCUT2D eigenvalue weighted by molar-refractivity contribution is 0.373. The lowest BCUT2D eigenvalue weighted by Crippen LogP contribution is -1.99. The van der Waals surface area contributed by atoms with Crippen LogP contribution in [0.25, 0.3) is 0 Å². The third-order valence-corrected chi connectivity index (χ3v) is 4.66. The Balaban J connectivity index is 2.25. The van der Waals surface area contributed by atoms with Crippen LogP contribution in [0.15, 0.2) is 18.2 Å². The number of halogens is 1. The number of aromatic hydroxyl groups is 1. The van der Waals surface area contributed by atoms with Crippen LogP contribution in [0.5, 0.6) is 11.5 Å². The molecular weight excluding hydrogens is 252 g/mol. The quantitative estimate of drug-likeness (QED) is 0.844. The molecule has 1 aromatic rings. The van der Waals surface area contributed by atoms with E-state index in [0.717, 1.165) is 5.56 Å². The van der Waals surface area contributed by atoms with Crippen molar-refractivity contribution < 1.29 is 18.3 Å². The van der Waals surface area contributed by atoms with E-state index < -0.39 is 14.3 Å². The normalized spacial score (nSPS) is 24.1. The molecular formula is C10H11ClO4S. The predicted octanol–water partition coefficient (Wildman–Crippen LogP) is 1.83. The van der Waals surface area contributed by atoms with Crippen LogP contribution in [0.2, 0.25) is 0 Å². The van der Waals surface area contributed by atoms with Crippen LogP contribution in [0.1, 0.15) is 17.9 Å². The maximum atomic E-state index is 11.1. The van der Waals surface area contributed by atoms with E-state index in [4.69, 9.17) is 15.4 Å². The largest absolute Gasteiger partial charge is 0.504 e. The molecule has 0 heterocycles. The fourth-order valence-electron chi connectivity index (χ4n) is 1.76. The minimum atomic E-state index is -3.49. The number of hydrogen-bond acceptors (Lipinski definition) is 4. The third kappa shape index (κ3) is 2.10. The standard InChI is InChI=1S/C10H11ClO4S/c1-15-9-4-6(2-3-8(9)12)7-5-10(7)16(11,13)14/h2-4,7,10,12H,5H2,1H3. The van der Waals surface area contributed by atoms with Crippen LogP contribution in [0.4, 0.5) is 0 Å². The zero-order valence-corrected chi connectivity index (χ0v) is 10.1. The lowest BCUT2D eigenvalue weighted by atomic mass is 10.1. The van der Waals surface area contributed by atoms with Crippen LogP contribution < -0.4 is 4.74 Å². The van der Waals surface area contributed by atoms with Gasteiger partial charge in [-0.1, -0.05) is 6.07 Å². The van der Waals surface area contributed by atoms with Gasteiger partial charge in [0.25, 0.3) is 0 Å². The molecule has 0 saturated heterocycles. The average molecular weight is 263 g/mol. The minimum Gasteiger partial charge on any atom is -0.504 e. The molecule has 1 aromatic carbocycles. The molecule has 2 rings (SSSR count). The Morgan fingerprint density at radius 3 is 2.69 bits per heavy atom. The summed E-state index contributed by atoms with van der Waals surface area (Å²) in [5.41, 5.74) is 0.823. The highest BCUT2D eigenvalue weighted by atomic mass is 35.7. The van der Waals surface area contributed by atoms with Gasteiger partial charge in [-0.3, -0.25) is 0 Å². The number of phenols is 1. The second kappa shape index (κ2) is 3.82. The number of methoxy groups -OCH3 is 1. The fraction of sp³-hybridized carbons (Fsp3) is 0.400. The highest BCUT2D eigenvalue weighted by Crippen LogP contribution is 2.48. The summed E-state index contributed by atoms with van der Waals surface area (Å²) in [6.07, 6.45) is 0.528. The van der Waals surface area contributed by atoms with E-state index in [9.17, 15) is 13.5 Å². The number of hydrogen-bond donors (Lipinski definition) is 1. The van der Waals surface area contributed by atoms with Gasteiger partial charge in [0.15, 0.2) is 11.5 Å². The zero-order chi connectivity index (χ0) is 11.9. The van der Waals surface area contributed by atoms with Gasteiger partial charge in [-0.15, -0.1) is 0 Å². The van der Waals surface area contributed by atoms with Gasteiger partial charge in [0.1, 0.15) is 0 Å². The Bertz CT molecular complexity index is 512. The van der Waals surface area contributed by atoms with Crippen LogP contribution in [0.3, 0.4) is 0 Å². The van der Waals surface area contributed by atoms with Crippen molar-refractivity contribution in [1.82, 2.24) is 0 Å². The first kappa shape index (κ1) is 11.5. The van der Waals surface area contributed by atoms with Gasteiger partial charge in [0, 0.05) is 16.6 Å². The second-order valence-electron chi connectivity index (χ2n) is 3.79. The first-order valence-corrected chi connectivity index (χ1v) is 7.11. The molecule has 0 bridgehead atoms. The SMILES string of the molecule is COc1cc(C2CC2S(=O)(=O)Cl)ccc1O. The fourth-order valence-corrected chi connectivity index (χ4v) is 3.34. The van der Waals surface area contributed by atoms with Crippen LogP contribution in [0, 0.1) is 0 Å². The summed E-state index contributed by atoms with van der Waals surface area (Å²) in [4.78, 5) is 0. The predicted molar refractivity (Wildman–Crippen MR) is 60.6 cm³/mol. The highest BCUT2D eigenvalue weighted by Gasteiger charge is 2.47. The Morgan fingerprint density at radius 1 is 1.50 bits per heavy atom. The summed E-state index contributed by atoms with van der Waals surface area (Å²) >= 11 is 0. The molecule has 1 fully saturated rings. The van der Waals surface area contributed by atoms with Gasteiger partial charge in [0.2, 0.25) is 9.05 Å². The van der Waals surface area contributed by atoms with Gasteiger partial charge in [-0.2, -0.15) is 0 Å². The minimum absolute atomic E-state index is 0.0391. The van der Waals surface area contributed by atoms with Gasteiger partial charge < -0.3 is 9.84 Å². The van der Waals surface area contributed by atoms with Crippen molar-refractivity contribution in [2.24, 2.45) is 0 Å². The number of phenolic OH excluding ortho intramolecular Hbond substituents is 1. The Hall–Kier alpha value is -0.940. The molecule has 2 atom stereocenters. The Labute approximate surface area is 98.2 Å². The van der Waals surface area contributed by atoms with Crippen molar-refractivity contribution in [2.45, 2.75) is 17.6 Å². The Morgan fingerprint density at radius 2 is 2.19 bits per heavy atom.